The molecule has 0 radical (unpaired) electrons. The summed E-state index contributed by atoms with van der Waals surface area (Å²) in [5.41, 5.74) is 4.90. The fourth-order valence-corrected chi connectivity index (χ4v) is 0.470. The first-order valence-electron chi connectivity index (χ1n) is 2.83. The van der Waals surface area contributed by atoms with Crippen LogP contribution in [0.4, 0.5) is 0 Å². The molecule has 0 spiro atoms. The Morgan fingerprint density at radius 2 is 1.82 bits per heavy atom. The third kappa shape index (κ3) is 3.54. The summed E-state index contributed by atoms with van der Waals surface area (Å²) in [7, 11) is 0. The molecule has 0 rings (SSSR count). The van der Waals surface area contributed by atoms with Crippen molar-refractivity contribution in [1.82, 2.24) is 0 Å². The van der Waals surface area contributed by atoms with Crippen molar-refractivity contribution in [2.75, 3.05) is 0 Å². The molecule has 6 heteroatoms. The molecule has 0 saturated carbocycles. The van der Waals surface area contributed by atoms with Gasteiger partial charge in [0, 0.05) is 0 Å². The summed E-state index contributed by atoms with van der Waals surface area (Å²) in [6, 6.07) is -1.54. The van der Waals surface area contributed by atoms with Crippen molar-refractivity contribution in [2.24, 2.45) is 5.73 Å². The monoisotopic (exact) mass is 163 g/mol. The minimum absolute atomic E-state index is 0.659. The lowest BCUT2D eigenvalue weighted by atomic mass is 10.1. The van der Waals surface area contributed by atoms with E-state index in [-0.39, 0.29) is 0 Å². The second-order valence-electron chi connectivity index (χ2n) is 2.03. The Morgan fingerprint density at radius 1 is 1.36 bits per heavy atom. The Hall–Kier alpha value is -1.14. The van der Waals surface area contributed by atoms with E-state index in [0.717, 1.165) is 0 Å². The van der Waals surface area contributed by atoms with E-state index >= 15 is 0 Å². The zero-order chi connectivity index (χ0) is 9.02. The third-order valence-corrected chi connectivity index (χ3v) is 1.08. The van der Waals surface area contributed by atoms with Crippen molar-refractivity contribution >= 4 is 11.9 Å². The maximum atomic E-state index is 10.0. The Labute approximate surface area is 62.2 Å². The van der Waals surface area contributed by atoms with Crippen LogP contribution in [0.25, 0.3) is 0 Å². The number of hydrogen-bond donors (Lipinski definition) is 4. The molecule has 0 aromatic heterocycles. The second-order valence-corrected chi connectivity index (χ2v) is 2.03. The van der Waals surface area contributed by atoms with Crippen molar-refractivity contribution in [3.05, 3.63) is 0 Å². The van der Waals surface area contributed by atoms with Crippen LogP contribution in [0.3, 0.4) is 0 Å². The van der Waals surface area contributed by atoms with Gasteiger partial charge in [-0.2, -0.15) is 0 Å². The molecule has 0 fully saturated rings. The maximum Gasteiger partial charge on any atom is 0.323 e. The van der Waals surface area contributed by atoms with Crippen LogP contribution in [-0.4, -0.2) is 39.4 Å². The minimum Gasteiger partial charge on any atom is -0.481 e. The van der Waals surface area contributed by atoms with Gasteiger partial charge in [0.05, 0.1) is 12.5 Å². The highest BCUT2D eigenvalue weighted by Gasteiger charge is 2.23. The molecule has 0 heterocycles. The quantitative estimate of drug-likeness (QED) is 0.389. The molecule has 5 N–H and O–H groups in total. The molecular weight excluding hydrogens is 154 g/mol. The molecule has 0 aliphatic rings. The molecular formula is C5H9NO5. The molecule has 0 saturated heterocycles. The largest absolute Gasteiger partial charge is 0.481 e. The minimum atomic E-state index is -1.54. The second kappa shape index (κ2) is 3.89. The van der Waals surface area contributed by atoms with Gasteiger partial charge < -0.3 is 21.1 Å². The predicted molar refractivity (Wildman–Crippen MR) is 33.9 cm³/mol. The zero-order valence-electron chi connectivity index (χ0n) is 5.60. The summed E-state index contributed by atoms with van der Waals surface area (Å²) >= 11 is 0. The van der Waals surface area contributed by atoms with E-state index in [1.807, 2.05) is 0 Å². The first-order valence-corrected chi connectivity index (χ1v) is 2.83. The molecule has 0 aliphatic heterocycles. The van der Waals surface area contributed by atoms with Gasteiger partial charge in [0.25, 0.3) is 0 Å². The van der Waals surface area contributed by atoms with Crippen molar-refractivity contribution < 1.29 is 24.9 Å². The van der Waals surface area contributed by atoms with Crippen LogP contribution in [0.15, 0.2) is 0 Å². The Bertz CT molecular complexity index is 168. The zero-order valence-corrected chi connectivity index (χ0v) is 5.60. The number of carboxylic acid groups (broad SMARTS) is 2. The van der Waals surface area contributed by atoms with Gasteiger partial charge in [-0.3, -0.25) is 9.59 Å². The number of hydrogen-bond acceptors (Lipinski definition) is 4. The van der Waals surface area contributed by atoms with Crippen LogP contribution in [0.1, 0.15) is 6.42 Å². The predicted octanol–water partition coefficient (Wildman–Crippen LogP) is -1.77. The Balaban J connectivity index is 3.92. The highest BCUT2D eigenvalue weighted by molar-refractivity contribution is 5.76. The molecule has 0 aromatic rings. The summed E-state index contributed by atoms with van der Waals surface area (Å²) in [6.07, 6.45) is -2.20. The smallest absolute Gasteiger partial charge is 0.323 e. The molecule has 64 valence electrons. The van der Waals surface area contributed by atoms with E-state index in [4.69, 9.17) is 21.1 Å². The molecule has 11 heavy (non-hydrogen) atoms. The fraction of sp³-hybridized carbons (Fsp3) is 0.600. The van der Waals surface area contributed by atoms with E-state index in [0.29, 0.717) is 0 Å². The van der Waals surface area contributed by atoms with Gasteiger partial charge in [0.1, 0.15) is 6.04 Å². The van der Waals surface area contributed by atoms with Gasteiger partial charge in [-0.1, -0.05) is 0 Å². The van der Waals surface area contributed by atoms with Gasteiger partial charge in [-0.25, -0.2) is 0 Å². The van der Waals surface area contributed by atoms with Crippen LogP contribution < -0.4 is 5.73 Å². The summed E-state index contributed by atoms with van der Waals surface area (Å²) in [4.78, 5) is 20.0. The number of rotatable bonds is 4. The van der Waals surface area contributed by atoms with Crippen LogP contribution in [0.2, 0.25) is 0 Å². The van der Waals surface area contributed by atoms with Crippen LogP contribution in [-0.2, 0) is 9.59 Å². The normalized spacial score (nSPS) is 15.5. The van der Waals surface area contributed by atoms with Gasteiger partial charge in [0.15, 0.2) is 0 Å². The average Bonchev–Trinajstić information content (AvgIpc) is 1.84. The lowest BCUT2D eigenvalue weighted by Crippen LogP contribution is -2.42. The number of carboxylic acids is 2. The Morgan fingerprint density at radius 3 is 2.09 bits per heavy atom. The van der Waals surface area contributed by atoms with E-state index in [2.05, 4.69) is 0 Å². The summed E-state index contributed by atoms with van der Waals surface area (Å²) < 4.78 is 0. The fourth-order valence-electron chi connectivity index (χ4n) is 0.470. The first-order chi connectivity index (χ1) is 4.95. The van der Waals surface area contributed by atoms with Crippen LogP contribution >= 0.6 is 0 Å². The topological polar surface area (TPSA) is 121 Å². The van der Waals surface area contributed by atoms with Gasteiger partial charge in [0.2, 0.25) is 0 Å². The van der Waals surface area contributed by atoms with Gasteiger partial charge in [-0.15, -0.1) is 0 Å². The Kier molecular flexibility index (Phi) is 3.49. The lowest BCUT2D eigenvalue weighted by molar-refractivity contribution is -0.144. The van der Waals surface area contributed by atoms with Gasteiger partial charge in [-0.05, 0) is 0 Å². The van der Waals surface area contributed by atoms with Crippen LogP contribution in [0, 0.1) is 0 Å². The molecule has 0 aliphatic carbocycles. The van der Waals surface area contributed by atoms with E-state index in [9.17, 15) is 9.59 Å². The number of carbonyl (C=O) groups is 2. The maximum absolute atomic E-state index is 10.0. The highest BCUT2D eigenvalue weighted by Crippen LogP contribution is 1.96. The number of aliphatic carboxylic acids is 2. The third-order valence-electron chi connectivity index (χ3n) is 1.08. The van der Waals surface area contributed by atoms with E-state index in [1.165, 1.54) is 0 Å². The first kappa shape index (κ1) is 9.86. The van der Waals surface area contributed by atoms with E-state index < -0.39 is 30.5 Å². The molecule has 0 amide bonds. The summed E-state index contributed by atoms with van der Waals surface area (Å²) in [5, 5.41) is 25.1. The molecule has 0 aromatic carbocycles. The number of aliphatic hydroxyl groups excluding tert-OH is 1. The molecule has 0 unspecified atom stereocenters. The van der Waals surface area contributed by atoms with Crippen molar-refractivity contribution in [3.8, 4) is 0 Å². The standard InChI is InChI=1S/C5H9NO5/c6-4(5(10)11)2(7)1-3(8)9/h2,4,7H,1,6H2,(H,8,9)(H,10,11)/t2-,4+/m1/s1. The van der Waals surface area contributed by atoms with Crippen LogP contribution in [0.5, 0.6) is 0 Å². The van der Waals surface area contributed by atoms with Gasteiger partial charge >= 0.3 is 11.9 Å². The highest BCUT2D eigenvalue weighted by atomic mass is 16.4. The SMILES string of the molecule is N[C@H](C(=O)O)[C@H](O)CC(=O)O. The number of nitrogens with two attached hydrogens (primary N) is 1. The van der Waals surface area contributed by atoms with Crippen molar-refractivity contribution in [3.63, 3.8) is 0 Å². The lowest BCUT2D eigenvalue weighted by Gasteiger charge is -2.11. The summed E-state index contributed by atoms with van der Waals surface area (Å²) in [6.45, 7) is 0. The van der Waals surface area contributed by atoms with E-state index in [1.54, 1.807) is 0 Å². The summed E-state index contributed by atoms with van der Waals surface area (Å²) in [5.74, 6) is -2.70. The molecule has 6 nitrogen and oxygen atoms in total. The molecule has 0 bridgehead atoms. The van der Waals surface area contributed by atoms with Crippen molar-refractivity contribution in [2.45, 2.75) is 18.6 Å². The molecule has 2 atom stereocenters. The van der Waals surface area contributed by atoms with Crippen molar-refractivity contribution in [1.29, 1.82) is 0 Å². The average molecular weight is 163 g/mol. The number of aliphatic hydroxyl groups is 1.